The van der Waals surface area contributed by atoms with Crippen molar-refractivity contribution in [1.29, 1.82) is 0 Å². The van der Waals surface area contributed by atoms with Crippen molar-refractivity contribution in [3.05, 3.63) is 44.8 Å². The number of thiophene rings is 2. The van der Waals surface area contributed by atoms with E-state index in [1.807, 2.05) is 18.4 Å². The minimum absolute atomic E-state index is 0. The molecule has 27 heavy (non-hydrogen) atoms. The Bertz CT molecular complexity index is 663. The van der Waals surface area contributed by atoms with Crippen LogP contribution in [0.25, 0.3) is 0 Å². The minimum Gasteiger partial charge on any atom is -0.376 e. The molecule has 0 spiro atoms. The molecule has 0 amide bonds. The van der Waals surface area contributed by atoms with Gasteiger partial charge in [-0.05, 0) is 36.2 Å². The van der Waals surface area contributed by atoms with Crippen LogP contribution in [0, 0.1) is 0 Å². The molecule has 1 aliphatic rings. The van der Waals surface area contributed by atoms with Gasteiger partial charge in [-0.2, -0.15) is 0 Å². The number of nitrogens with zero attached hydrogens (tertiary/aromatic N) is 2. The summed E-state index contributed by atoms with van der Waals surface area (Å²) in [6, 6.07) is 8.98. The maximum atomic E-state index is 5.72. The standard InChI is InChI=1S/C19H28N4OS2.HI/c1-15-14-23(9-10-24-15)17(18-6-4-12-26-18)13-22-19(20-2)21-8-7-16-5-3-11-25-16;/h3-6,11-12,15,17H,7-10,13-14H2,1-2H3,(H2,20,21,22);1H. The number of rotatable bonds is 7. The molecule has 150 valence electrons. The Morgan fingerprint density at radius 2 is 2.11 bits per heavy atom. The van der Waals surface area contributed by atoms with E-state index < -0.39 is 0 Å². The molecule has 2 atom stereocenters. The van der Waals surface area contributed by atoms with Crippen molar-refractivity contribution in [2.75, 3.05) is 39.8 Å². The third-order valence-electron chi connectivity index (χ3n) is 4.52. The highest BCUT2D eigenvalue weighted by molar-refractivity contribution is 14.0. The van der Waals surface area contributed by atoms with Crippen LogP contribution in [0.4, 0.5) is 0 Å². The lowest BCUT2D eigenvalue weighted by Crippen LogP contribution is -2.48. The second kappa shape index (κ2) is 12.0. The monoisotopic (exact) mass is 520 g/mol. The highest BCUT2D eigenvalue weighted by atomic mass is 127. The molecule has 2 aromatic rings. The van der Waals surface area contributed by atoms with E-state index in [1.54, 1.807) is 11.3 Å². The largest absolute Gasteiger partial charge is 0.376 e. The third kappa shape index (κ3) is 7.01. The van der Waals surface area contributed by atoms with E-state index >= 15 is 0 Å². The summed E-state index contributed by atoms with van der Waals surface area (Å²) >= 11 is 3.62. The molecule has 0 saturated carbocycles. The van der Waals surface area contributed by atoms with E-state index in [1.165, 1.54) is 9.75 Å². The van der Waals surface area contributed by atoms with Crippen molar-refractivity contribution < 1.29 is 4.74 Å². The molecule has 3 heterocycles. The lowest BCUT2D eigenvalue weighted by molar-refractivity contribution is -0.0334. The molecular formula is C19H29IN4OS2. The molecule has 1 aliphatic heterocycles. The molecule has 3 rings (SSSR count). The zero-order valence-corrected chi connectivity index (χ0v) is 19.9. The van der Waals surface area contributed by atoms with Crippen LogP contribution in [0.15, 0.2) is 40.0 Å². The SMILES string of the molecule is CN=C(NCCc1cccs1)NCC(c1cccs1)N1CCOC(C)C1.I. The second-order valence-electron chi connectivity index (χ2n) is 6.42. The highest BCUT2D eigenvalue weighted by Crippen LogP contribution is 2.26. The van der Waals surface area contributed by atoms with Crippen molar-refractivity contribution in [3.8, 4) is 0 Å². The Labute approximate surface area is 187 Å². The van der Waals surface area contributed by atoms with Crippen LogP contribution in [0.2, 0.25) is 0 Å². The summed E-state index contributed by atoms with van der Waals surface area (Å²) in [5.74, 6) is 0.865. The third-order valence-corrected chi connectivity index (χ3v) is 6.42. The predicted octanol–water partition coefficient (Wildman–Crippen LogP) is 3.60. The fourth-order valence-corrected chi connectivity index (χ4v) is 4.76. The van der Waals surface area contributed by atoms with Gasteiger partial charge in [0, 0.05) is 43.0 Å². The number of ether oxygens (including phenoxy) is 1. The minimum atomic E-state index is 0. The fourth-order valence-electron chi connectivity index (χ4n) is 3.19. The number of hydrogen-bond acceptors (Lipinski definition) is 5. The Kier molecular flexibility index (Phi) is 10.1. The number of guanidine groups is 1. The summed E-state index contributed by atoms with van der Waals surface area (Å²) in [6.07, 6.45) is 1.31. The van der Waals surface area contributed by atoms with Crippen LogP contribution < -0.4 is 10.6 Å². The van der Waals surface area contributed by atoms with Crippen molar-refractivity contribution in [2.24, 2.45) is 4.99 Å². The molecule has 2 N–H and O–H groups in total. The molecule has 0 aliphatic carbocycles. The molecule has 2 unspecified atom stereocenters. The summed E-state index contributed by atoms with van der Waals surface area (Å²) in [4.78, 5) is 9.68. The molecule has 5 nitrogen and oxygen atoms in total. The number of halogens is 1. The van der Waals surface area contributed by atoms with Crippen LogP contribution in [-0.4, -0.2) is 56.8 Å². The first-order valence-corrected chi connectivity index (χ1v) is 10.9. The van der Waals surface area contributed by atoms with Crippen molar-refractivity contribution in [2.45, 2.75) is 25.5 Å². The summed E-state index contributed by atoms with van der Waals surface area (Å²) in [7, 11) is 1.83. The Hall–Kier alpha value is -0.680. The summed E-state index contributed by atoms with van der Waals surface area (Å²) in [5, 5.41) is 11.2. The number of hydrogen-bond donors (Lipinski definition) is 2. The Balaban J connectivity index is 0.00000261. The molecule has 0 aromatic carbocycles. The van der Waals surface area contributed by atoms with E-state index in [4.69, 9.17) is 4.74 Å². The van der Waals surface area contributed by atoms with Gasteiger partial charge in [-0.15, -0.1) is 46.7 Å². The van der Waals surface area contributed by atoms with E-state index in [0.717, 1.165) is 45.2 Å². The second-order valence-corrected chi connectivity index (χ2v) is 8.43. The molecule has 0 bridgehead atoms. The molecule has 1 fully saturated rings. The van der Waals surface area contributed by atoms with Gasteiger partial charge in [-0.3, -0.25) is 9.89 Å². The van der Waals surface area contributed by atoms with Crippen LogP contribution in [0.5, 0.6) is 0 Å². The van der Waals surface area contributed by atoms with Gasteiger partial charge in [0.05, 0.1) is 18.8 Å². The van der Waals surface area contributed by atoms with Gasteiger partial charge >= 0.3 is 0 Å². The summed E-state index contributed by atoms with van der Waals surface area (Å²) < 4.78 is 5.72. The molecule has 8 heteroatoms. The lowest BCUT2D eigenvalue weighted by atomic mass is 10.1. The average molecular weight is 521 g/mol. The van der Waals surface area contributed by atoms with Gasteiger partial charge in [-0.1, -0.05) is 12.1 Å². The first kappa shape index (κ1) is 22.6. The van der Waals surface area contributed by atoms with E-state index in [9.17, 15) is 0 Å². The molecule has 1 saturated heterocycles. The number of nitrogens with one attached hydrogen (secondary N) is 2. The van der Waals surface area contributed by atoms with Gasteiger partial charge in [0.2, 0.25) is 0 Å². The van der Waals surface area contributed by atoms with Crippen LogP contribution >= 0.6 is 46.7 Å². The van der Waals surface area contributed by atoms with Gasteiger partial charge in [0.25, 0.3) is 0 Å². The maximum Gasteiger partial charge on any atom is 0.191 e. The summed E-state index contributed by atoms with van der Waals surface area (Å²) in [6.45, 7) is 6.62. The van der Waals surface area contributed by atoms with Crippen LogP contribution in [0.3, 0.4) is 0 Å². The highest BCUT2D eigenvalue weighted by Gasteiger charge is 2.26. The predicted molar refractivity (Wildman–Crippen MR) is 127 cm³/mol. The lowest BCUT2D eigenvalue weighted by Gasteiger charge is -2.37. The van der Waals surface area contributed by atoms with Crippen LogP contribution in [0.1, 0.15) is 22.7 Å². The van der Waals surface area contributed by atoms with Gasteiger partial charge in [0.15, 0.2) is 5.96 Å². The van der Waals surface area contributed by atoms with Crippen molar-refractivity contribution in [1.82, 2.24) is 15.5 Å². The van der Waals surface area contributed by atoms with E-state index in [0.29, 0.717) is 6.04 Å². The van der Waals surface area contributed by atoms with E-state index in [-0.39, 0.29) is 30.1 Å². The molecule has 2 aromatic heterocycles. The summed E-state index contributed by atoms with van der Waals surface area (Å²) in [5.41, 5.74) is 0. The average Bonchev–Trinajstić information content (AvgIpc) is 3.34. The fraction of sp³-hybridized carbons (Fsp3) is 0.526. The first-order valence-electron chi connectivity index (χ1n) is 9.12. The van der Waals surface area contributed by atoms with Crippen molar-refractivity contribution >= 4 is 52.6 Å². The van der Waals surface area contributed by atoms with Gasteiger partial charge < -0.3 is 15.4 Å². The number of morpholine rings is 1. The zero-order chi connectivity index (χ0) is 18.2. The van der Waals surface area contributed by atoms with Crippen molar-refractivity contribution in [3.63, 3.8) is 0 Å². The normalized spacial score (nSPS) is 19.3. The topological polar surface area (TPSA) is 48.9 Å². The number of aliphatic imine (C=N–C) groups is 1. The van der Waals surface area contributed by atoms with E-state index in [2.05, 4.69) is 62.5 Å². The quantitative estimate of drug-likeness (QED) is 0.333. The van der Waals surface area contributed by atoms with Gasteiger partial charge in [0.1, 0.15) is 0 Å². The first-order chi connectivity index (χ1) is 12.8. The maximum absolute atomic E-state index is 5.72. The Morgan fingerprint density at radius 3 is 2.78 bits per heavy atom. The zero-order valence-electron chi connectivity index (χ0n) is 15.9. The molecular weight excluding hydrogens is 491 g/mol. The smallest absolute Gasteiger partial charge is 0.191 e. The molecule has 0 radical (unpaired) electrons. The van der Waals surface area contributed by atoms with Crippen LogP contribution in [-0.2, 0) is 11.2 Å². The Morgan fingerprint density at radius 1 is 1.30 bits per heavy atom. The van der Waals surface area contributed by atoms with Gasteiger partial charge in [-0.25, -0.2) is 0 Å².